The molecule has 88 valence electrons. The van der Waals surface area contributed by atoms with Crippen LogP contribution in [0.25, 0.3) is 0 Å². The Labute approximate surface area is 98.3 Å². The highest BCUT2D eigenvalue weighted by molar-refractivity contribution is 5.33. The average molecular weight is 219 g/mol. The minimum atomic E-state index is 0.587. The molecule has 0 fully saturated rings. The van der Waals surface area contributed by atoms with E-state index in [2.05, 4.69) is 31.8 Å². The first-order chi connectivity index (χ1) is 7.77. The molecule has 0 spiro atoms. The summed E-state index contributed by atoms with van der Waals surface area (Å²) in [5.41, 5.74) is 2.33. The van der Waals surface area contributed by atoms with E-state index in [0.717, 1.165) is 30.8 Å². The molecule has 16 heavy (non-hydrogen) atoms. The molecule has 2 nitrogen and oxygen atoms in total. The van der Waals surface area contributed by atoms with Gasteiger partial charge in [0.2, 0.25) is 0 Å². The van der Waals surface area contributed by atoms with E-state index in [1.54, 1.807) is 0 Å². The van der Waals surface area contributed by atoms with Crippen molar-refractivity contribution < 1.29 is 4.74 Å². The topological polar surface area (TPSA) is 21.3 Å². The van der Waals surface area contributed by atoms with Crippen molar-refractivity contribution in [3.63, 3.8) is 0 Å². The molecule has 0 aliphatic carbocycles. The molecule has 1 aromatic carbocycles. The number of hydrogen-bond acceptors (Lipinski definition) is 2. The summed E-state index contributed by atoms with van der Waals surface area (Å²) in [6, 6.07) is 8.16. The minimum Gasteiger partial charge on any atom is -0.489 e. The third kappa shape index (κ3) is 4.07. The summed E-state index contributed by atoms with van der Waals surface area (Å²) in [6.07, 6.45) is 0.996. The molecule has 1 rings (SSSR count). The first-order valence-electron chi connectivity index (χ1n) is 5.86. The van der Waals surface area contributed by atoms with Crippen LogP contribution in [-0.4, -0.2) is 19.7 Å². The van der Waals surface area contributed by atoms with E-state index in [-0.39, 0.29) is 0 Å². The first kappa shape index (κ1) is 12.8. The lowest BCUT2D eigenvalue weighted by Gasteiger charge is -2.11. The van der Waals surface area contributed by atoms with Gasteiger partial charge in [0.15, 0.2) is 0 Å². The van der Waals surface area contributed by atoms with Crippen LogP contribution >= 0.6 is 0 Å². The maximum Gasteiger partial charge on any atom is 0.122 e. The molecule has 1 N–H and O–H groups in total. The van der Waals surface area contributed by atoms with Crippen LogP contribution in [-0.2, 0) is 6.42 Å². The van der Waals surface area contributed by atoms with Gasteiger partial charge in [0.05, 0.1) is 0 Å². The Bertz CT molecular complexity index is 333. The molecular weight excluding hydrogens is 198 g/mol. The summed E-state index contributed by atoms with van der Waals surface area (Å²) in [6.45, 7) is 10.6. The maximum atomic E-state index is 5.75. The van der Waals surface area contributed by atoms with Crippen LogP contribution in [0.2, 0.25) is 0 Å². The van der Waals surface area contributed by atoms with Crippen molar-refractivity contribution in [2.45, 2.75) is 20.3 Å². The monoisotopic (exact) mass is 219 g/mol. The van der Waals surface area contributed by atoms with Crippen LogP contribution in [0, 0.1) is 0 Å². The highest BCUT2D eigenvalue weighted by Gasteiger charge is 2.01. The van der Waals surface area contributed by atoms with Gasteiger partial charge in [-0.2, -0.15) is 0 Å². The number of hydrogen-bond donors (Lipinski definition) is 1. The highest BCUT2D eigenvalue weighted by atomic mass is 16.5. The molecular formula is C14H21NO. The number of nitrogens with one attached hydrogen (secondary N) is 1. The quantitative estimate of drug-likeness (QED) is 0.712. The van der Waals surface area contributed by atoms with E-state index in [4.69, 9.17) is 4.74 Å². The first-order valence-corrected chi connectivity index (χ1v) is 5.86. The fraction of sp³-hybridized carbons (Fsp3) is 0.429. The Hall–Kier alpha value is -1.28. The van der Waals surface area contributed by atoms with Gasteiger partial charge >= 0.3 is 0 Å². The SMILES string of the molecule is C=C(CNCC)COc1ccccc1CC. The molecule has 0 heterocycles. The van der Waals surface area contributed by atoms with Crippen LogP contribution in [0.4, 0.5) is 0 Å². The zero-order chi connectivity index (χ0) is 11.8. The number of benzene rings is 1. The van der Waals surface area contributed by atoms with Crippen molar-refractivity contribution in [2.24, 2.45) is 0 Å². The van der Waals surface area contributed by atoms with Gasteiger partial charge in [-0.3, -0.25) is 0 Å². The number of likely N-dealkylation sites (N-methyl/N-ethyl adjacent to an activating group) is 1. The predicted octanol–water partition coefficient (Wildman–Crippen LogP) is 2.79. The van der Waals surface area contributed by atoms with E-state index in [1.165, 1.54) is 5.56 Å². The molecule has 0 radical (unpaired) electrons. The third-order valence-corrected chi connectivity index (χ3v) is 2.41. The summed E-state index contributed by atoms with van der Waals surface area (Å²) in [7, 11) is 0. The highest BCUT2D eigenvalue weighted by Crippen LogP contribution is 2.18. The predicted molar refractivity (Wildman–Crippen MR) is 69.0 cm³/mol. The van der Waals surface area contributed by atoms with E-state index < -0.39 is 0 Å². The van der Waals surface area contributed by atoms with Gasteiger partial charge in [0.25, 0.3) is 0 Å². The Kier molecular flexibility index (Phi) is 5.65. The summed E-state index contributed by atoms with van der Waals surface area (Å²) in [5.74, 6) is 0.975. The van der Waals surface area contributed by atoms with Crippen molar-refractivity contribution in [2.75, 3.05) is 19.7 Å². The summed E-state index contributed by atoms with van der Waals surface area (Å²) in [5, 5.41) is 3.23. The van der Waals surface area contributed by atoms with Gasteiger partial charge in [0, 0.05) is 6.54 Å². The lowest BCUT2D eigenvalue weighted by Crippen LogP contribution is -2.19. The normalized spacial score (nSPS) is 10.1. The molecule has 0 bridgehead atoms. The van der Waals surface area contributed by atoms with Crippen LogP contribution in [0.15, 0.2) is 36.4 Å². The Morgan fingerprint density at radius 2 is 2.06 bits per heavy atom. The van der Waals surface area contributed by atoms with Gasteiger partial charge in [-0.1, -0.05) is 38.6 Å². The Balaban J connectivity index is 2.44. The molecule has 0 aliphatic heterocycles. The average Bonchev–Trinajstić information content (AvgIpc) is 2.34. The second kappa shape index (κ2) is 7.07. The van der Waals surface area contributed by atoms with Crippen molar-refractivity contribution in [3.8, 4) is 5.75 Å². The van der Waals surface area contributed by atoms with Gasteiger partial charge < -0.3 is 10.1 Å². The maximum absolute atomic E-state index is 5.75. The van der Waals surface area contributed by atoms with Gasteiger partial charge in [0.1, 0.15) is 12.4 Å². The van der Waals surface area contributed by atoms with Crippen molar-refractivity contribution in [1.82, 2.24) is 5.32 Å². The second-order valence-corrected chi connectivity index (χ2v) is 3.78. The molecule has 0 unspecified atom stereocenters. The van der Waals surface area contributed by atoms with E-state index in [1.807, 2.05) is 18.2 Å². The molecule has 0 aliphatic rings. The lowest BCUT2D eigenvalue weighted by atomic mass is 10.1. The third-order valence-electron chi connectivity index (χ3n) is 2.41. The van der Waals surface area contributed by atoms with E-state index in [0.29, 0.717) is 6.61 Å². The number of rotatable bonds is 7. The van der Waals surface area contributed by atoms with Crippen LogP contribution in [0.3, 0.4) is 0 Å². The largest absolute Gasteiger partial charge is 0.489 e. The van der Waals surface area contributed by atoms with Gasteiger partial charge in [-0.25, -0.2) is 0 Å². The zero-order valence-corrected chi connectivity index (χ0v) is 10.3. The zero-order valence-electron chi connectivity index (χ0n) is 10.3. The van der Waals surface area contributed by atoms with Crippen LogP contribution in [0.5, 0.6) is 5.75 Å². The molecule has 0 amide bonds. The molecule has 0 saturated carbocycles. The summed E-state index contributed by atoms with van der Waals surface area (Å²) >= 11 is 0. The number of aryl methyl sites for hydroxylation is 1. The number of para-hydroxylation sites is 1. The number of ether oxygens (including phenoxy) is 1. The molecule has 0 aromatic heterocycles. The summed E-state index contributed by atoms with van der Waals surface area (Å²) < 4.78 is 5.75. The Morgan fingerprint density at radius 1 is 1.31 bits per heavy atom. The standard InChI is InChI=1S/C14H21NO/c1-4-13-8-6-7-9-14(13)16-11-12(3)10-15-5-2/h6-9,15H,3-5,10-11H2,1-2H3. The van der Waals surface area contributed by atoms with Crippen LogP contribution in [0.1, 0.15) is 19.4 Å². The molecule has 2 heteroatoms. The van der Waals surface area contributed by atoms with Gasteiger partial charge in [-0.15, -0.1) is 0 Å². The van der Waals surface area contributed by atoms with Crippen molar-refractivity contribution in [3.05, 3.63) is 42.0 Å². The lowest BCUT2D eigenvalue weighted by molar-refractivity contribution is 0.345. The van der Waals surface area contributed by atoms with Gasteiger partial charge in [-0.05, 0) is 30.2 Å². The van der Waals surface area contributed by atoms with E-state index >= 15 is 0 Å². The van der Waals surface area contributed by atoms with Crippen molar-refractivity contribution >= 4 is 0 Å². The van der Waals surface area contributed by atoms with E-state index in [9.17, 15) is 0 Å². The molecule has 0 atom stereocenters. The fourth-order valence-electron chi connectivity index (χ4n) is 1.47. The summed E-state index contributed by atoms with van der Waals surface area (Å²) in [4.78, 5) is 0. The minimum absolute atomic E-state index is 0.587. The Morgan fingerprint density at radius 3 is 2.75 bits per heavy atom. The fourth-order valence-corrected chi connectivity index (χ4v) is 1.47. The second-order valence-electron chi connectivity index (χ2n) is 3.78. The van der Waals surface area contributed by atoms with Crippen molar-refractivity contribution in [1.29, 1.82) is 0 Å². The molecule has 0 saturated heterocycles. The van der Waals surface area contributed by atoms with Crippen LogP contribution < -0.4 is 10.1 Å². The molecule has 1 aromatic rings. The smallest absolute Gasteiger partial charge is 0.122 e.